The zero-order valence-corrected chi connectivity index (χ0v) is 13.8. The quantitative estimate of drug-likeness (QED) is 0.514. The van der Waals surface area contributed by atoms with Crippen molar-refractivity contribution >= 4 is 24.5 Å². The van der Waals surface area contributed by atoms with Crippen molar-refractivity contribution in [3.05, 3.63) is 29.8 Å². The Morgan fingerprint density at radius 1 is 1.15 bits per heavy atom. The van der Waals surface area contributed by atoms with Gasteiger partial charge in [-0.1, -0.05) is 43.1 Å². The molecule has 1 fully saturated rings. The topological polar surface area (TPSA) is 30.5 Å². The summed E-state index contributed by atoms with van der Waals surface area (Å²) in [5.74, 6) is 1.07. The van der Waals surface area contributed by atoms with Crippen LogP contribution in [-0.2, 0) is 15.9 Å². The highest BCUT2D eigenvalue weighted by atomic mass is 32.2. The first-order chi connectivity index (χ1) is 9.36. The second-order valence-corrected chi connectivity index (χ2v) is 7.24. The molecule has 0 aliphatic carbocycles. The largest absolute Gasteiger partial charge is 0.494 e. The third-order valence-electron chi connectivity index (χ3n) is 4.00. The summed E-state index contributed by atoms with van der Waals surface area (Å²) >= 11 is 1.73. The maximum atomic E-state index is 6.08. The van der Waals surface area contributed by atoms with Crippen LogP contribution >= 0.6 is 11.9 Å². The van der Waals surface area contributed by atoms with Crippen molar-refractivity contribution in [3.8, 4) is 0 Å². The van der Waals surface area contributed by atoms with Gasteiger partial charge in [0.2, 0.25) is 0 Å². The molecule has 1 aromatic rings. The number of rotatable bonds is 5. The minimum Gasteiger partial charge on any atom is -0.399 e. The summed E-state index contributed by atoms with van der Waals surface area (Å²) in [7, 11) is -0.279. The second kappa shape index (κ2) is 6.10. The molecule has 0 radical (unpaired) electrons. The molecule has 5 heteroatoms. The SMILES string of the molecule is CCSNCc1cccc(B2OC(C)(C)C(C)(C)O2)c1. The normalized spacial score (nSPS) is 20.4. The van der Waals surface area contributed by atoms with E-state index in [-0.39, 0.29) is 18.3 Å². The van der Waals surface area contributed by atoms with Gasteiger partial charge in [0.05, 0.1) is 11.2 Å². The summed E-state index contributed by atoms with van der Waals surface area (Å²) in [6, 6.07) is 8.41. The van der Waals surface area contributed by atoms with Crippen LogP contribution in [0.1, 0.15) is 40.2 Å². The van der Waals surface area contributed by atoms with Crippen molar-refractivity contribution in [2.45, 2.75) is 52.4 Å². The number of hydrogen-bond acceptors (Lipinski definition) is 4. The number of benzene rings is 1. The van der Waals surface area contributed by atoms with Gasteiger partial charge in [-0.2, -0.15) is 0 Å². The van der Waals surface area contributed by atoms with Crippen LogP contribution in [0.3, 0.4) is 0 Å². The molecule has 1 N–H and O–H groups in total. The standard InChI is InChI=1S/C15H24BNO2S/c1-6-20-17-11-12-8-7-9-13(10-12)16-18-14(2,3)15(4,5)19-16/h7-10,17H,6,11H2,1-5H3. The molecule has 0 unspecified atom stereocenters. The highest BCUT2D eigenvalue weighted by molar-refractivity contribution is 7.97. The first-order valence-electron chi connectivity index (χ1n) is 7.15. The lowest BCUT2D eigenvalue weighted by Crippen LogP contribution is -2.41. The van der Waals surface area contributed by atoms with E-state index in [1.165, 1.54) is 5.56 Å². The lowest BCUT2D eigenvalue weighted by Gasteiger charge is -2.32. The van der Waals surface area contributed by atoms with Crippen LogP contribution in [0.5, 0.6) is 0 Å². The third-order valence-corrected chi connectivity index (χ3v) is 4.64. The summed E-state index contributed by atoms with van der Waals surface area (Å²) in [6.07, 6.45) is 0. The number of nitrogens with one attached hydrogen (secondary N) is 1. The summed E-state index contributed by atoms with van der Waals surface area (Å²) < 4.78 is 15.5. The molecule has 1 heterocycles. The molecule has 3 nitrogen and oxygen atoms in total. The Morgan fingerprint density at radius 2 is 1.80 bits per heavy atom. The van der Waals surface area contributed by atoms with E-state index in [9.17, 15) is 0 Å². The van der Waals surface area contributed by atoms with Gasteiger partial charge < -0.3 is 9.31 Å². The molecular weight excluding hydrogens is 269 g/mol. The first kappa shape index (κ1) is 15.9. The van der Waals surface area contributed by atoms with Crippen LogP contribution in [0.15, 0.2) is 24.3 Å². The second-order valence-electron chi connectivity index (χ2n) is 6.09. The molecule has 110 valence electrons. The van der Waals surface area contributed by atoms with E-state index >= 15 is 0 Å². The minimum atomic E-state index is -0.288. The molecular formula is C15H24BNO2S. The molecule has 0 aromatic heterocycles. The van der Waals surface area contributed by atoms with Gasteiger partial charge >= 0.3 is 7.12 Å². The fourth-order valence-corrected chi connectivity index (χ4v) is 2.54. The van der Waals surface area contributed by atoms with E-state index in [2.05, 4.69) is 63.6 Å². The van der Waals surface area contributed by atoms with Crippen molar-refractivity contribution in [2.24, 2.45) is 0 Å². The van der Waals surface area contributed by atoms with Crippen LogP contribution in [-0.4, -0.2) is 24.1 Å². The highest BCUT2D eigenvalue weighted by Crippen LogP contribution is 2.36. The lowest BCUT2D eigenvalue weighted by molar-refractivity contribution is 0.00578. The van der Waals surface area contributed by atoms with Gasteiger partial charge in [-0.05, 0) is 38.7 Å². The van der Waals surface area contributed by atoms with Gasteiger partial charge in [-0.3, -0.25) is 4.72 Å². The summed E-state index contributed by atoms with van der Waals surface area (Å²) in [5, 5.41) is 0. The van der Waals surface area contributed by atoms with Gasteiger partial charge in [0.25, 0.3) is 0 Å². The van der Waals surface area contributed by atoms with Gasteiger partial charge in [0, 0.05) is 12.3 Å². The monoisotopic (exact) mass is 293 g/mol. The molecule has 0 bridgehead atoms. The Hall–Kier alpha value is -0.485. The maximum absolute atomic E-state index is 6.08. The predicted molar refractivity (Wildman–Crippen MR) is 87.1 cm³/mol. The Labute approximate surface area is 127 Å². The molecule has 0 spiro atoms. The maximum Gasteiger partial charge on any atom is 0.494 e. The fraction of sp³-hybridized carbons (Fsp3) is 0.600. The van der Waals surface area contributed by atoms with Crippen LogP contribution in [0.25, 0.3) is 0 Å². The zero-order valence-electron chi connectivity index (χ0n) is 13.0. The molecule has 0 amide bonds. The van der Waals surface area contributed by atoms with E-state index in [0.29, 0.717) is 0 Å². The van der Waals surface area contributed by atoms with Gasteiger partial charge in [-0.15, -0.1) is 0 Å². The van der Waals surface area contributed by atoms with Gasteiger partial charge in [0.1, 0.15) is 0 Å². The molecule has 1 aliphatic heterocycles. The summed E-state index contributed by atoms with van der Waals surface area (Å²) in [4.78, 5) is 0. The Morgan fingerprint density at radius 3 is 2.40 bits per heavy atom. The Kier molecular flexibility index (Phi) is 4.85. The van der Waals surface area contributed by atoms with E-state index < -0.39 is 0 Å². The average molecular weight is 293 g/mol. The van der Waals surface area contributed by atoms with E-state index in [1.54, 1.807) is 11.9 Å². The van der Waals surface area contributed by atoms with E-state index in [1.807, 2.05) is 0 Å². The van der Waals surface area contributed by atoms with Crippen molar-refractivity contribution in [3.63, 3.8) is 0 Å². The third kappa shape index (κ3) is 3.39. The zero-order chi connectivity index (χ0) is 14.8. The van der Waals surface area contributed by atoms with Crippen molar-refractivity contribution in [2.75, 3.05) is 5.75 Å². The Bertz CT molecular complexity index is 449. The molecule has 0 atom stereocenters. The molecule has 1 saturated heterocycles. The summed E-state index contributed by atoms with van der Waals surface area (Å²) in [6.45, 7) is 11.3. The predicted octanol–water partition coefficient (Wildman–Crippen LogP) is 2.74. The number of hydrogen-bond donors (Lipinski definition) is 1. The highest BCUT2D eigenvalue weighted by Gasteiger charge is 2.51. The van der Waals surface area contributed by atoms with Gasteiger partial charge in [-0.25, -0.2) is 0 Å². The fourth-order valence-electron chi connectivity index (χ4n) is 2.07. The van der Waals surface area contributed by atoms with Crippen LogP contribution < -0.4 is 10.2 Å². The molecule has 0 saturated carbocycles. The lowest BCUT2D eigenvalue weighted by atomic mass is 9.78. The van der Waals surface area contributed by atoms with Crippen molar-refractivity contribution in [1.82, 2.24) is 4.72 Å². The van der Waals surface area contributed by atoms with Crippen molar-refractivity contribution in [1.29, 1.82) is 0 Å². The molecule has 2 rings (SSSR count). The molecule has 1 aliphatic rings. The van der Waals surface area contributed by atoms with E-state index in [4.69, 9.17) is 9.31 Å². The minimum absolute atomic E-state index is 0.279. The van der Waals surface area contributed by atoms with Crippen molar-refractivity contribution < 1.29 is 9.31 Å². The average Bonchev–Trinajstić information content (AvgIpc) is 2.59. The summed E-state index contributed by atoms with van der Waals surface area (Å²) in [5.41, 5.74) is 1.76. The van der Waals surface area contributed by atoms with Gasteiger partial charge in [0.15, 0.2) is 0 Å². The van der Waals surface area contributed by atoms with Crippen LogP contribution in [0.4, 0.5) is 0 Å². The molecule has 1 aromatic carbocycles. The first-order valence-corrected chi connectivity index (χ1v) is 8.13. The van der Waals surface area contributed by atoms with Crippen LogP contribution in [0, 0.1) is 0 Å². The van der Waals surface area contributed by atoms with E-state index in [0.717, 1.165) is 17.8 Å². The smallest absolute Gasteiger partial charge is 0.399 e. The molecule has 20 heavy (non-hydrogen) atoms. The Balaban J connectivity index is 2.09. The van der Waals surface area contributed by atoms with Crippen LogP contribution in [0.2, 0.25) is 0 Å².